The van der Waals surface area contributed by atoms with Crippen molar-refractivity contribution in [3.8, 4) is 0 Å². The van der Waals surface area contributed by atoms with E-state index in [2.05, 4.69) is 26.1 Å². The van der Waals surface area contributed by atoms with Crippen molar-refractivity contribution in [3.63, 3.8) is 0 Å². The van der Waals surface area contributed by atoms with E-state index in [0.29, 0.717) is 12.0 Å². The van der Waals surface area contributed by atoms with E-state index in [4.69, 9.17) is 13.9 Å². The second kappa shape index (κ2) is 4.44. The number of hydrogen-bond acceptors (Lipinski definition) is 3. The minimum atomic E-state index is -1.62. The SMILES string of the molecule is CC1=CC[C@H]2CC3(CC[C@@H]2O[Si]1(C)C)OCCO3. The highest BCUT2D eigenvalue weighted by atomic mass is 28.4. The lowest BCUT2D eigenvalue weighted by molar-refractivity contribution is -0.199. The highest BCUT2D eigenvalue weighted by molar-refractivity contribution is 6.78. The zero-order valence-corrected chi connectivity index (χ0v) is 12.7. The lowest BCUT2D eigenvalue weighted by atomic mass is 9.80. The van der Waals surface area contributed by atoms with E-state index in [9.17, 15) is 0 Å². The van der Waals surface area contributed by atoms with E-state index < -0.39 is 8.32 Å². The molecular weight excluding hydrogens is 244 g/mol. The number of rotatable bonds is 0. The molecule has 0 aromatic rings. The van der Waals surface area contributed by atoms with Crippen molar-refractivity contribution in [3.05, 3.63) is 11.3 Å². The summed E-state index contributed by atoms with van der Waals surface area (Å²) >= 11 is 0. The van der Waals surface area contributed by atoms with E-state index in [1.807, 2.05) is 0 Å². The third-order valence-corrected chi connectivity index (χ3v) is 7.84. The Labute approximate surface area is 111 Å². The second-order valence-electron chi connectivity index (χ2n) is 6.40. The molecule has 0 radical (unpaired) electrons. The predicted molar refractivity (Wildman–Crippen MR) is 72.7 cm³/mol. The number of hydrogen-bond donors (Lipinski definition) is 0. The average molecular weight is 268 g/mol. The van der Waals surface area contributed by atoms with Crippen LogP contribution in [-0.4, -0.2) is 33.4 Å². The number of allylic oxidation sites excluding steroid dienone is 2. The van der Waals surface area contributed by atoms with Crippen LogP contribution in [0.4, 0.5) is 0 Å². The van der Waals surface area contributed by atoms with Crippen molar-refractivity contribution in [1.82, 2.24) is 0 Å². The van der Waals surface area contributed by atoms with Crippen LogP contribution < -0.4 is 0 Å². The standard InChI is InChI=1S/C14H24O3Si/c1-11-4-5-12-10-14(15-8-9-16-14)7-6-13(12)17-18(11,2)3/h4,12-13H,5-10H2,1-3H3/t12-,13-/m0/s1. The molecule has 2 atom stereocenters. The van der Waals surface area contributed by atoms with Crippen LogP contribution in [0, 0.1) is 5.92 Å². The normalized spacial score (nSPS) is 38.1. The predicted octanol–water partition coefficient (Wildman–Crippen LogP) is 3.01. The molecule has 2 fully saturated rings. The van der Waals surface area contributed by atoms with Gasteiger partial charge in [0.05, 0.1) is 13.2 Å². The van der Waals surface area contributed by atoms with Crippen LogP contribution in [0.2, 0.25) is 13.1 Å². The molecule has 1 saturated carbocycles. The molecule has 18 heavy (non-hydrogen) atoms. The minimum absolute atomic E-state index is 0.275. The number of ether oxygens (including phenoxy) is 2. The van der Waals surface area contributed by atoms with Crippen LogP contribution in [0.5, 0.6) is 0 Å². The van der Waals surface area contributed by atoms with Crippen molar-refractivity contribution >= 4 is 8.32 Å². The van der Waals surface area contributed by atoms with Crippen LogP contribution in [0.1, 0.15) is 32.6 Å². The molecule has 1 aliphatic carbocycles. The van der Waals surface area contributed by atoms with Crippen LogP contribution in [-0.2, 0) is 13.9 Å². The summed E-state index contributed by atoms with van der Waals surface area (Å²) in [7, 11) is -1.62. The van der Waals surface area contributed by atoms with Gasteiger partial charge < -0.3 is 13.9 Å². The van der Waals surface area contributed by atoms with Crippen molar-refractivity contribution in [2.75, 3.05) is 13.2 Å². The molecule has 1 spiro atoms. The molecule has 0 unspecified atom stereocenters. The lowest BCUT2D eigenvalue weighted by Crippen LogP contribution is -2.46. The zero-order chi connectivity index (χ0) is 12.8. The average Bonchev–Trinajstić information content (AvgIpc) is 2.73. The summed E-state index contributed by atoms with van der Waals surface area (Å²) in [5, 5.41) is 1.49. The Morgan fingerprint density at radius 3 is 2.72 bits per heavy atom. The third-order valence-electron chi connectivity index (χ3n) is 4.84. The van der Waals surface area contributed by atoms with Gasteiger partial charge in [-0.3, -0.25) is 0 Å². The van der Waals surface area contributed by atoms with Gasteiger partial charge in [-0.1, -0.05) is 11.3 Å². The fraction of sp³-hybridized carbons (Fsp3) is 0.857. The molecular formula is C14H24O3Si. The summed E-state index contributed by atoms with van der Waals surface area (Å²) in [4.78, 5) is 0. The van der Waals surface area contributed by atoms with E-state index in [1.165, 1.54) is 5.20 Å². The molecule has 3 aliphatic rings. The van der Waals surface area contributed by atoms with Gasteiger partial charge in [-0.15, -0.1) is 0 Å². The highest BCUT2D eigenvalue weighted by Gasteiger charge is 2.47. The van der Waals surface area contributed by atoms with E-state index in [1.54, 1.807) is 0 Å². The van der Waals surface area contributed by atoms with E-state index in [0.717, 1.165) is 38.9 Å². The number of fused-ring (bicyclic) bond motifs is 1. The van der Waals surface area contributed by atoms with Gasteiger partial charge in [0.25, 0.3) is 0 Å². The molecule has 0 bridgehead atoms. The van der Waals surface area contributed by atoms with Gasteiger partial charge in [-0.05, 0) is 38.8 Å². The van der Waals surface area contributed by atoms with Gasteiger partial charge in [-0.25, -0.2) is 0 Å². The Morgan fingerprint density at radius 1 is 1.28 bits per heavy atom. The van der Waals surface area contributed by atoms with Gasteiger partial charge in [0.15, 0.2) is 5.79 Å². The van der Waals surface area contributed by atoms with Crippen molar-refractivity contribution in [2.24, 2.45) is 5.92 Å². The summed E-state index contributed by atoms with van der Waals surface area (Å²) in [6.45, 7) is 8.38. The van der Waals surface area contributed by atoms with Crippen molar-refractivity contribution < 1.29 is 13.9 Å². The van der Waals surface area contributed by atoms with Gasteiger partial charge in [-0.2, -0.15) is 0 Å². The minimum Gasteiger partial charge on any atom is -0.410 e. The Balaban J connectivity index is 1.77. The first-order valence-electron chi connectivity index (χ1n) is 7.14. The van der Waals surface area contributed by atoms with Crippen molar-refractivity contribution in [1.29, 1.82) is 0 Å². The molecule has 2 heterocycles. The quantitative estimate of drug-likeness (QED) is 0.632. The zero-order valence-electron chi connectivity index (χ0n) is 11.7. The molecule has 2 aliphatic heterocycles. The van der Waals surface area contributed by atoms with Crippen molar-refractivity contribution in [2.45, 2.75) is 57.6 Å². The van der Waals surface area contributed by atoms with E-state index in [-0.39, 0.29) is 5.79 Å². The van der Waals surface area contributed by atoms with Crippen LogP contribution >= 0.6 is 0 Å². The monoisotopic (exact) mass is 268 g/mol. The fourth-order valence-electron chi connectivity index (χ4n) is 3.43. The second-order valence-corrected chi connectivity index (χ2v) is 10.4. The smallest absolute Gasteiger partial charge is 0.214 e. The molecule has 102 valence electrons. The first-order valence-corrected chi connectivity index (χ1v) is 10.0. The summed E-state index contributed by atoms with van der Waals surface area (Å²) in [5.41, 5.74) is 0. The summed E-state index contributed by atoms with van der Waals surface area (Å²) in [5.74, 6) is 0.295. The fourth-order valence-corrected chi connectivity index (χ4v) is 5.29. The van der Waals surface area contributed by atoms with Crippen LogP contribution in [0.3, 0.4) is 0 Å². The largest absolute Gasteiger partial charge is 0.410 e. The maximum atomic E-state index is 6.48. The third kappa shape index (κ3) is 2.20. The highest BCUT2D eigenvalue weighted by Crippen LogP contribution is 2.44. The molecule has 3 rings (SSSR count). The molecule has 4 heteroatoms. The Kier molecular flexibility index (Phi) is 3.17. The molecule has 0 aromatic carbocycles. The molecule has 0 N–H and O–H groups in total. The Bertz CT molecular complexity index is 358. The summed E-state index contributed by atoms with van der Waals surface area (Å²) in [6.07, 6.45) is 7.04. The molecule has 0 aromatic heterocycles. The maximum Gasteiger partial charge on any atom is 0.214 e. The first kappa shape index (κ1) is 12.8. The van der Waals surface area contributed by atoms with Gasteiger partial charge in [0.1, 0.15) is 0 Å². The Morgan fingerprint density at radius 2 is 2.00 bits per heavy atom. The lowest BCUT2D eigenvalue weighted by Gasteiger charge is -2.42. The topological polar surface area (TPSA) is 27.7 Å². The van der Waals surface area contributed by atoms with Gasteiger partial charge in [0.2, 0.25) is 8.32 Å². The Hall–Kier alpha value is -0.163. The van der Waals surface area contributed by atoms with Gasteiger partial charge >= 0.3 is 0 Å². The van der Waals surface area contributed by atoms with Crippen LogP contribution in [0.15, 0.2) is 11.3 Å². The molecule has 1 saturated heterocycles. The summed E-state index contributed by atoms with van der Waals surface area (Å²) in [6, 6.07) is 0. The molecule has 3 nitrogen and oxygen atoms in total. The summed E-state index contributed by atoms with van der Waals surface area (Å²) < 4.78 is 18.2. The first-order chi connectivity index (χ1) is 8.51. The maximum absolute atomic E-state index is 6.48. The van der Waals surface area contributed by atoms with Crippen LogP contribution in [0.25, 0.3) is 0 Å². The molecule has 0 amide bonds. The van der Waals surface area contributed by atoms with E-state index >= 15 is 0 Å². The van der Waals surface area contributed by atoms with Gasteiger partial charge in [0, 0.05) is 18.9 Å².